The number of nitrogens with zero attached hydrogens (tertiary/aromatic N) is 2. The standard InChI is InChI=1S/C21H18N4O6S2/c1-3-31-20(28)16-11-22-21-25(19(16)27)17-10-14(6-9-18(17)32-21)24-33(29,30)15-7-4-13(5-8-15)23-12(2)26/h4-11,24H,3H2,1-2H3,(H,23,26). The maximum Gasteiger partial charge on any atom is 0.345 e. The Balaban J connectivity index is 1.72. The molecule has 170 valence electrons. The summed E-state index contributed by atoms with van der Waals surface area (Å²) in [6.45, 7) is 3.10. The zero-order chi connectivity index (χ0) is 23.8. The number of hydrogen-bond acceptors (Lipinski definition) is 8. The summed E-state index contributed by atoms with van der Waals surface area (Å²) < 4.78 is 35.0. The highest BCUT2D eigenvalue weighted by molar-refractivity contribution is 7.92. The fourth-order valence-corrected chi connectivity index (χ4v) is 5.16. The minimum absolute atomic E-state index is 0.00435. The van der Waals surface area contributed by atoms with Crippen molar-refractivity contribution in [1.29, 1.82) is 0 Å². The van der Waals surface area contributed by atoms with Gasteiger partial charge in [-0.15, -0.1) is 0 Å². The molecule has 2 N–H and O–H groups in total. The van der Waals surface area contributed by atoms with Gasteiger partial charge in [0.15, 0.2) is 4.96 Å². The summed E-state index contributed by atoms with van der Waals surface area (Å²) in [5, 5.41) is 2.57. The van der Waals surface area contributed by atoms with Gasteiger partial charge >= 0.3 is 5.97 Å². The Kier molecular flexibility index (Phi) is 5.87. The molecule has 4 rings (SSSR count). The number of carbonyl (C=O) groups is 2. The number of aromatic nitrogens is 2. The molecular formula is C21H18N4O6S2. The SMILES string of the molecule is CCOC(=O)c1cnc2sc3ccc(NS(=O)(=O)c4ccc(NC(C)=O)cc4)cc3n2c1=O. The molecule has 10 nitrogen and oxygen atoms in total. The van der Waals surface area contributed by atoms with E-state index in [-0.39, 0.29) is 28.7 Å². The minimum atomic E-state index is -3.94. The van der Waals surface area contributed by atoms with Gasteiger partial charge in [0.2, 0.25) is 5.91 Å². The fourth-order valence-electron chi connectivity index (χ4n) is 3.15. The maximum atomic E-state index is 12.9. The zero-order valence-corrected chi connectivity index (χ0v) is 19.1. The third kappa shape index (κ3) is 4.43. The van der Waals surface area contributed by atoms with Crippen LogP contribution in [0.5, 0.6) is 0 Å². The monoisotopic (exact) mass is 486 g/mol. The average molecular weight is 487 g/mol. The van der Waals surface area contributed by atoms with Crippen LogP contribution in [-0.4, -0.2) is 36.3 Å². The van der Waals surface area contributed by atoms with E-state index >= 15 is 0 Å². The highest BCUT2D eigenvalue weighted by Gasteiger charge is 2.19. The molecule has 1 amide bonds. The van der Waals surface area contributed by atoms with Gasteiger partial charge in [-0.2, -0.15) is 0 Å². The van der Waals surface area contributed by atoms with Crippen LogP contribution >= 0.6 is 11.3 Å². The third-order valence-corrected chi connectivity index (χ3v) is 7.00. The van der Waals surface area contributed by atoms with Crippen LogP contribution < -0.4 is 15.6 Å². The number of benzene rings is 2. The van der Waals surface area contributed by atoms with Crippen molar-refractivity contribution in [2.75, 3.05) is 16.6 Å². The number of nitrogens with one attached hydrogen (secondary N) is 2. The van der Waals surface area contributed by atoms with E-state index in [9.17, 15) is 22.8 Å². The van der Waals surface area contributed by atoms with E-state index in [1.54, 1.807) is 19.1 Å². The lowest BCUT2D eigenvalue weighted by Gasteiger charge is -2.09. The summed E-state index contributed by atoms with van der Waals surface area (Å²) >= 11 is 1.23. The molecule has 4 aromatic rings. The van der Waals surface area contributed by atoms with E-state index in [2.05, 4.69) is 15.0 Å². The van der Waals surface area contributed by atoms with Crippen LogP contribution in [0, 0.1) is 0 Å². The molecule has 0 aliphatic carbocycles. The Hall–Kier alpha value is -3.77. The van der Waals surface area contributed by atoms with Crippen LogP contribution in [0.3, 0.4) is 0 Å². The molecule has 0 aliphatic rings. The van der Waals surface area contributed by atoms with Crippen molar-refractivity contribution in [2.24, 2.45) is 0 Å². The summed E-state index contributed by atoms with van der Waals surface area (Å²) in [6.07, 6.45) is 1.18. The summed E-state index contributed by atoms with van der Waals surface area (Å²) in [7, 11) is -3.94. The number of fused-ring (bicyclic) bond motifs is 3. The number of ether oxygens (including phenoxy) is 1. The number of carbonyl (C=O) groups excluding carboxylic acids is 2. The lowest BCUT2D eigenvalue weighted by atomic mass is 10.3. The molecule has 0 fully saturated rings. The van der Waals surface area contributed by atoms with E-state index in [0.717, 1.165) is 0 Å². The van der Waals surface area contributed by atoms with Crippen molar-refractivity contribution in [1.82, 2.24) is 9.38 Å². The van der Waals surface area contributed by atoms with Crippen molar-refractivity contribution in [3.8, 4) is 0 Å². The van der Waals surface area contributed by atoms with Crippen molar-refractivity contribution < 1.29 is 22.7 Å². The fraction of sp³-hybridized carbons (Fsp3) is 0.143. The minimum Gasteiger partial charge on any atom is -0.462 e. The molecular weight excluding hydrogens is 468 g/mol. The number of amides is 1. The second-order valence-corrected chi connectivity index (χ2v) is 9.60. The lowest BCUT2D eigenvalue weighted by molar-refractivity contribution is -0.114. The molecule has 0 bridgehead atoms. The number of esters is 1. The first kappa shape index (κ1) is 22.4. The molecule has 2 aromatic heterocycles. The number of sulfonamides is 1. The summed E-state index contributed by atoms with van der Waals surface area (Å²) in [5.74, 6) is -1.04. The van der Waals surface area contributed by atoms with Gasteiger partial charge in [-0.05, 0) is 49.4 Å². The van der Waals surface area contributed by atoms with Crippen molar-refractivity contribution in [3.05, 3.63) is 64.6 Å². The first-order valence-corrected chi connectivity index (χ1v) is 12.0. The quantitative estimate of drug-likeness (QED) is 0.400. The normalized spacial score (nSPS) is 11.5. The molecule has 2 aromatic carbocycles. The highest BCUT2D eigenvalue weighted by atomic mass is 32.2. The van der Waals surface area contributed by atoms with Crippen LogP contribution in [0.25, 0.3) is 15.2 Å². The van der Waals surface area contributed by atoms with Crippen LogP contribution in [0.2, 0.25) is 0 Å². The van der Waals surface area contributed by atoms with E-state index in [1.807, 2.05) is 0 Å². The molecule has 0 saturated carbocycles. The molecule has 0 radical (unpaired) electrons. The Bertz CT molecular complexity index is 1560. The largest absolute Gasteiger partial charge is 0.462 e. The van der Waals surface area contributed by atoms with E-state index in [0.29, 0.717) is 20.9 Å². The third-order valence-electron chi connectivity index (χ3n) is 4.56. The highest BCUT2D eigenvalue weighted by Crippen LogP contribution is 2.28. The van der Waals surface area contributed by atoms with Crippen LogP contribution in [0.15, 0.2) is 58.4 Å². The van der Waals surface area contributed by atoms with Crippen molar-refractivity contribution >= 4 is 59.8 Å². The van der Waals surface area contributed by atoms with Crippen molar-refractivity contribution in [2.45, 2.75) is 18.7 Å². The van der Waals surface area contributed by atoms with E-state index in [4.69, 9.17) is 4.74 Å². The number of thiazole rings is 1. The second kappa shape index (κ2) is 8.64. The average Bonchev–Trinajstić information content (AvgIpc) is 3.12. The molecule has 0 aliphatic heterocycles. The molecule has 0 saturated heterocycles. The van der Waals surface area contributed by atoms with Gasteiger partial charge < -0.3 is 10.1 Å². The Morgan fingerprint density at radius 2 is 1.82 bits per heavy atom. The summed E-state index contributed by atoms with van der Waals surface area (Å²) in [5.41, 5.74) is 0.288. The van der Waals surface area contributed by atoms with Gasteiger partial charge in [-0.1, -0.05) is 11.3 Å². The van der Waals surface area contributed by atoms with Gasteiger partial charge in [-0.25, -0.2) is 18.2 Å². The first-order chi connectivity index (χ1) is 15.7. The van der Waals surface area contributed by atoms with Gasteiger partial charge in [0.25, 0.3) is 15.6 Å². The van der Waals surface area contributed by atoms with Gasteiger partial charge in [0, 0.05) is 12.6 Å². The molecule has 0 spiro atoms. The molecule has 12 heteroatoms. The van der Waals surface area contributed by atoms with E-state index < -0.39 is 21.6 Å². The topological polar surface area (TPSA) is 136 Å². The smallest absolute Gasteiger partial charge is 0.345 e. The number of anilines is 2. The van der Waals surface area contributed by atoms with Crippen LogP contribution in [0.4, 0.5) is 11.4 Å². The molecule has 0 unspecified atom stereocenters. The van der Waals surface area contributed by atoms with Crippen molar-refractivity contribution in [3.63, 3.8) is 0 Å². The molecule has 0 atom stereocenters. The number of rotatable bonds is 6. The van der Waals surface area contributed by atoms with Crippen LogP contribution in [-0.2, 0) is 19.6 Å². The van der Waals surface area contributed by atoms with Crippen LogP contribution in [0.1, 0.15) is 24.2 Å². The predicted octanol–water partition coefficient (Wildman–Crippen LogP) is 2.85. The van der Waals surface area contributed by atoms with E-state index in [1.165, 1.54) is 59.2 Å². The molecule has 33 heavy (non-hydrogen) atoms. The predicted molar refractivity (Wildman–Crippen MR) is 124 cm³/mol. The summed E-state index contributed by atoms with van der Waals surface area (Å²) in [6, 6.07) is 10.4. The zero-order valence-electron chi connectivity index (χ0n) is 17.5. The van der Waals surface area contributed by atoms with Gasteiger partial charge in [0.1, 0.15) is 5.56 Å². The second-order valence-electron chi connectivity index (χ2n) is 6.91. The molecule has 2 heterocycles. The Morgan fingerprint density at radius 1 is 1.12 bits per heavy atom. The first-order valence-electron chi connectivity index (χ1n) is 9.71. The summed E-state index contributed by atoms with van der Waals surface area (Å²) in [4.78, 5) is 40.6. The Morgan fingerprint density at radius 3 is 2.48 bits per heavy atom. The van der Waals surface area contributed by atoms with Gasteiger partial charge in [0.05, 0.1) is 33.6 Å². The number of hydrogen-bond donors (Lipinski definition) is 2. The lowest BCUT2D eigenvalue weighted by Crippen LogP contribution is -2.23. The van der Waals surface area contributed by atoms with Gasteiger partial charge in [-0.3, -0.25) is 18.7 Å². The Labute approximate surface area is 191 Å². The maximum absolute atomic E-state index is 12.9.